The molecule has 0 aliphatic carbocycles. The SMILES string of the molecule is O=C(CNc1cc(Br)ccc1Br)Sc1ncccc1C(=O)O.[H-].[K+]. The zero-order valence-corrected chi connectivity index (χ0v) is 19.2. The summed E-state index contributed by atoms with van der Waals surface area (Å²) in [4.78, 5) is 27.0. The zero-order valence-electron chi connectivity index (χ0n) is 13.0. The Bertz CT molecular complexity index is 737. The summed E-state index contributed by atoms with van der Waals surface area (Å²) in [7, 11) is 0. The number of hydrogen-bond acceptors (Lipinski definition) is 5. The fourth-order valence-corrected chi connectivity index (χ4v) is 3.07. The van der Waals surface area contributed by atoms with Gasteiger partial charge in [-0.05, 0) is 58.0 Å². The van der Waals surface area contributed by atoms with Crippen LogP contribution in [0.5, 0.6) is 0 Å². The van der Waals surface area contributed by atoms with Gasteiger partial charge in [0, 0.05) is 20.8 Å². The monoisotopic (exact) mass is 484 g/mol. The second-order valence-corrected chi connectivity index (χ2v) is 6.93. The van der Waals surface area contributed by atoms with Crippen molar-refractivity contribution in [1.29, 1.82) is 0 Å². The number of nitrogens with one attached hydrogen (secondary N) is 1. The number of anilines is 1. The van der Waals surface area contributed by atoms with Crippen molar-refractivity contribution < 1.29 is 67.5 Å². The van der Waals surface area contributed by atoms with Gasteiger partial charge in [0.15, 0.2) is 0 Å². The van der Waals surface area contributed by atoms with Gasteiger partial charge in [0.25, 0.3) is 0 Å². The molecule has 0 spiro atoms. The van der Waals surface area contributed by atoms with Crippen molar-refractivity contribution in [3.8, 4) is 0 Å². The number of carbonyl (C=O) groups is 2. The van der Waals surface area contributed by atoms with Gasteiger partial charge in [-0.25, -0.2) is 9.78 Å². The number of carboxylic acids is 1. The minimum absolute atomic E-state index is 0. The van der Waals surface area contributed by atoms with Crippen molar-refractivity contribution in [3.05, 3.63) is 51.0 Å². The molecule has 0 atom stereocenters. The first-order valence-corrected chi connectivity index (χ1v) is 8.45. The first-order chi connectivity index (χ1) is 10.5. The van der Waals surface area contributed by atoms with Gasteiger partial charge < -0.3 is 11.8 Å². The molecule has 2 N–H and O–H groups in total. The Balaban J connectivity index is 0.00000264. The normalized spacial score (nSPS) is 9.83. The molecule has 9 heteroatoms. The van der Waals surface area contributed by atoms with E-state index in [2.05, 4.69) is 42.2 Å². The van der Waals surface area contributed by atoms with Gasteiger partial charge in [-0.3, -0.25) is 4.79 Å². The molecular weight excluding hydrogens is 475 g/mol. The maximum absolute atomic E-state index is 12.0. The van der Waals surface area contributed by atoms with E-state index < -0.39 is 5.97 Å². The second-order valence-electron chi connectivity index (χ2n) is 4.11. The topological polar surface area (TPSA) is 79.3 Å². The van der Waals surface area contributed by atoms with E-state index in [1.807, 2.05) is 18.2 Å². The van der Waals surface area contributed by atoms with Crippen LogP contribution in [0.25, 0.3) is 0 Å². The summed E-state index contributed by atoms with van der Waals surface area (Å²) in [6.45, 7) is 0.0509. The Kier molecular flexibility index (Phi) is 9.53. The third-order valence-corrected chi connectivity index (χ3v) is 4.64. The third-order valence-electron chi connectivity index (χ3n) is 2.56. The molecule has 5 nitrogen and oxygen atoms in total. The van der Waals surface area contributed by atoms with E-state index in [1.165, 1.54) is 18.3 Å². The van der Waals surface area contributed by atoms with Crippen LogP contribution < -0.4 is 56.7 Å². The van der Waals surface area contributed by atoms with Crippen LogP contribution >= 0.6 is 43.6 Å². The number of rotatable bonds is 5. The molecule has 2 aromatic rings. The largest absolute Gasteiger partial charge is 1.00 e. The molecule has 1 heterocycles. The van der Waals surface area contributed by atoms with E-state index in [4.69, 9.17) is 5.11 Å². The van der Waals surface area contributed by atoms with Gasteiger partial charge in [0.2, 0.25) is 5.12 Å². The van der Waals surface area contributed by atoms with Gasteiger partial charge in [-0.15, -0.1) is 0 Å². The van der Waals surface area contributed by atoms with Crippen LogP contribution in [0.3, 0.4) is 0 Å². The van der Waals surface area contributed by atoms with Crippen LogP contribution in [0.2, 0.25) is 0 Å². The number of hydrogen-bond donors (Lipinski definition) is 2. The van der Waals surface area contributed by atoms with Crippen LogP contribution in [-0.4, -0.2) is 27.7 Å². The molecule has 1 aromatic carbocycles. The number of nitrogens with zero attached hydrogens (tertiary/aromatic N) is 1. The molecule has 0 unspecified atom stereocenters. The summed E-state index contributed by atoms with van der Waals surface area (Å²) >= 11 is 7.55. The van der Waals surface area contributed by atoms with Crippen LogP contribution in [0, 0.1) is 0 Å². The number of thioether (sulfide) groups is 1. The van der Waals surface area contributed by atoms with Crippen molar-refractivity contribution >= 4 is 60.4 Å². The summed E-state index contributed by atoms with van der Waals surface area (Å²) in [5.74, 6) is -1.11. The molecule has 1 aromatic heterocycles. The average Bonchev–Trinajstić information content (AvgIpc) is 2.48. The van der Waals surface area contributed by atoms with Gasteiger partial charge in [0.05, 0.1) is 12.1 Å². The number of aromatic nitrogens is 1. The standard InChI is InChI=1S/C14H10Br2N2O3S.K.H/c15-8-3-4-10(16)11(6-8)18-7-12(19)22-13-9(14(20)21)2-1-5-17-13;;/h1-6,18H,7H2,(H,20,21);;/q;+1;-1. The Hall–Kier alpha value is 0.256. The van der Waals surface area contributed by atoms with E-state index in [0.717, 1.165) is 26.4 Å². The molecule has 0 bridgehead atoms. The maximum atomic E-state index is 12.0. The van der Waals surface area contributed by atoms with Crippen molar-refractivity contribution in [2.45, 2.75) is 5.03 Å². The first-order valence-electron chi connectivity index (χ1n) is 6.05. The molecule has 0 radical (unpaired) electrons. The third kappa shape index (κ3) is 6.58. The van der Waals surface area contributed by atoms with Gasteiger partial charge in [-0.2, -0.15) is 0 Å². The predicted octanol–water partition coefficient (Wildman–Crippen LogP) is 1.15. The second kappa shape index (κ2) is 10.3. The van der Waals surface area contributed by atoms with E-state index in [0.29, 0.717) is 0 Å². The summed E-state index contributed by atoms with van der Waals surface area (Å²) in [6, 6.07) is 8.51. The minimum atomic E-state index is -1.11. The number of carbonyl (C=O) groups excluding carboxylic acids is 1. The number of aromatic carboxylic acids is 1. The number of pyridine rings is 1. The number of halogens is 2. The number of benzene rings is 1. The Morgan fingerprint density at radius 2 is 2.04 bits per heavy atom. The number of carboxylic acid groups (broad SMARTS) is 1. The summed E-state index contributed by atoms with van der Waals surface area (Å²) in [5.41, 5.74) is 0.785. The quantitative estimate of drug-likeness (QED) is 0.488. The van der Waals surface area contributed by atoms with Crippen LogP contribution in [0.15, 0.2) is 50.5 Å². The van der Waals surface area contributed by atoms with Crippen LogP contribution in [0.1, 0.15) is 11.8 Å². The van der Waals surface area contributed by atoms with Crippen molar-refractivity contribution in [2.75, 3.05) is 11.9 Å². The molecule has 2 rings (SSSR count). The van der Waals surface area contributed by atoms with E-state index >= 15 is 0 Å². The van der Waals surface area contributed by atoms with Crippen molar-refractivity contribution in [2.24, 2.45) is 0 Å². The smallest absolute Gasteiger partial charge is 1.00 e. The first kappa shape index (κ1) is 21.3. The summed E-state index contributed by atoms with van der Waals surface area (Å²) < 4.78 is 1.72. The fourth-order valence-electron chi connectivity index (χ4n) is 1.58. The maximum Gasteiger partial charge on any atom is 1.00 e. The molecule has 0 aliphatic heterocycles. The Morgan fingerprint density at radius 1 is 1.30 bits per heavy atom. The summed E-state index contributed by atoms with van der Waals surface area (Å²) in [5, 5.41) is 12.0. The molecule has 0 amide bonds. The molecule has 23 heavy (non-hydrogen) atoms. The molecular formula is C14H11Br2KN2O3S. The molecule has 116 valence electrons. The van der Waals surface area contributed by atoms with Crippen molar-refractivity contribution in [1.82, 2.24) is 4.98 Å². The van der Waals surface area contributed by atoms with Gasteiger partial charge in [0.1, 0.15) is 5.03 Å². The van der Waals surface area contributed by atoms with Crippen molar-refractivity contribution in [3.63, 3.8) is 0 Å². The van der Waals surface area contributed by atoms with E-state index in [1.54, 1.807) is 0 Å². The van der Waals surface area contributed by atoms with Crippen LogP contribution in [0.4, 0.5) is 5.69 Å². The van der Waals surface area contributed by atoms with Crippen LogP contribution in [-0.2, 0) is 4.79 Å². The molecule has 0 fully saturated rings. The van der Waals surface area contributed by atoms with Gasteiger partial charge in [-0.1, -0.05) is 15.9 Å². The minimum Gasteiger partial charge on any atom is -1.00 e. The molecule has 0 saturated heterocycles. The van der Waals surface area contributed by atoms with E-state index in [-0.39, 0.29) is 75.1 Å². The molecule has 0 saturated carbocycles. The Labute approximate surface area is 198 Å². The van der Waals surface area contributed by atoms with E-state index in [9.17, 15) is 9.59 Å². The zero-order chi connectivity index (χ0) is 16.1. The van der Waals surface area contributed by atoms with Gasteiger partial charge >= 0.3 is 57.4 Å². The summed E-state index contributed by atoms with van der Waals surface area (Å²) in [6.07, 6.45) is 1.46. The average molecular weight is 486 g/mol. The molecule has 0 aliphatic rings. The Morgan fingerprint density at radius 3 is 2.74 bits per heavy atom. The fraction of sp³-hybridized carbons (Fsp3) is 0.0714. The predicted molar refractivity (Wildman–Crippen MR) is 93.5 cm³/mol.